The van der Waals surface area contributed by atoms with Crippen molar-refractivity contribution < 1.29 is 9.53 Å². The van der Waals surface area contributed by atoms with E-state index in [0.717, 1.165) is 25.7 Å². The highest BCUT2D eigenvalue weighted by atomic mass is 35.5. The molecule has 0 spiro atoms. The summed E-state index contributed by atoms with van der Waals surface area (Å²) in [6.07, 6.45) is 0. The lowest BCUT2D eigenvalue weighted by molar-refractivity contribution is 0.102. The van der Waals surface area contributed by atoms with Crippen LogP contribution in [0.2, 0.25) is 0 Å². The third-order valence-electron chi connectivity index (χ3n) is 3.46. The molecule has 0 unspecified atom stereocenters. The number of nitrogens with two attached hydrogens (primary N) is 1. The third-order valence-corrected chi connectivity index (χ3v) is 5.59. The first kappa shape index (κ1) is 19.7. The van der Waals surface area contributed by atoms with Crippen molar-refractivity contribution in [3.63, 3.8) is 0 Å². The molecule has 0 aliphatic rings. The van der Waals surface area contributed by atoms with Gasteiger partial charge in [-0.1, -0.05) is 17.8 Å². The fraction of sp³-hybridized carbons (Fsp3) is 0.235. The summed E-state index contributed by atoms with van der Waals surface area (Å²) in [4.78, 5) is 23.1. The molecule has 0 amide bonds. The molecule has 2 aromatic heterocycles. The largest absolute Gasteiger partial charge is 0.496 e. The summed E-state index contributed by atoms with van der Waals surface area (Å²) in [7, 11) is 1.62. The van der Waals surface area contributed by atoms with E-state index in [2.05, 4.69) is 9.97 Å². The zero-order valence-corrected chi connectivity index (χ0v) is 16.3. The van der Waals surface area contributed by atoms with E-state index in [1.807, 2.05) is 37.3 Å². The van der Waals surface area contributed by atoms with Crippen LogP contribution < -0.4 is 10.5 Å². The molecule has 0 radical (unpaired) electrons. The molecule has 0 saturated carbocycles. The van der Waals surface area contributed by atoms with Crippen LogP contribution in [0.25, 0.3) is 10.9 Å². The lowest BCUT2D eigenvalue weighted by Crippen LogP contribution is -2.02. The smallest absolute Gasteiger partial charge is 0.183 e. The van der Waals surface area contributed by atoms with Gasteiger partial charge in [-0.3, -0.25) is 4.79 Å². The van der Waals surface area contributed by atoms with Crippen molar-refractivity contribution in [2.75, 3.05) is 12.9 Å². The van der Waals surface area contributed by atoms with E-state index in [9.17, 15) is 4.79 Å². The molecule has 2 N–H and O–H groups in total. The van der Waals surface area contributed by atoms with Crippen LogP contribution in [0.15, 0.2) is 35.4 Å². The Morgan fingerprint density at radius 3 is 2.76 bits per heavy atom. The average molecular weight is 396 g/mol. The molecule has 0 saturated heterocycles. The Hall–Kier alpha value is -1.67. The molecular weight excluding hydrogens is 378 g/mol. The number of carbonyl (C=O) groups is 1. The Labute approximate surface area is 160 Å². The molecule has 5 nitrogen and oxygen atoms in total. The minimum absolute atomic E-state index is 0. The minimum atomic E-state index is 0. The number of carbonyl (C=O) groups excluding carboxylic acids is 1. The number of hydrogen-bond acceptors (Lipinski definition) is 7. The van der Waals surface area contributed by atoms with Crippen LogP contribution in [0.5, 0.6) is 5.75 Å². The van der Waals surface area contributed by atoms with Crippen molar-refractivity contribution in [3.8, 4) is 5.75 Å². The van der Waals surface area contributed by atoms with E-state index in [1.165, 1.54) is 23.1 Å². The van der Waals surface area contributed by atoms with E-state index in [-0.39, 0.29) is 18.2 Å². The number of Topliss-reactive ketones (excluding diaryl/α,β-unsaturated/α-hetero) is 1. The Bertz CT molecular complexity index is 899. The van der Waals surface area contributed by atoms with Gasteiger partial charge in [0.25, 0.3) is 0 Å². The van der Waals surface area contributed by atoms with E-state index < -0.39 is 0 Å². The predicted molar refractivity (Wildman–Crippen MR) is 105 cm³/mol. The molecule has 0 aliphatic carbocycles. The lowest BCUT2D eigenvalue weighted by Gasteiger charge is -2.09. The molecule has 0 fully saturated rings. The summed E-state index contributed by atoms with van der Waals surface area (Å²) >= 11 is 2.85. The summed E-state index contributed by atoms with van der Waals surface area (Å²) in [5, 5.41) is 1.61. The Balaban J connectivity index is 0.00000225. The van der Waals surface area contributed by atoms with Gasteiger partial charge >= 0.3 is 0 Å². The standard InChI is InChI=1S/C17H17N3O2S2.ClH/c1-10-19-12-4-3-5-14(22-2)16(12)17(20-10)23-9-13(21)15-7-6-11(8-18)24-15;/h3-7H,8-9,18H2,1-2H3;1H. The highest BCUT2D eigenvalue weighted by Gasteiger charge is 2.15. The molecule has 8 heteroatoms. The summed E-state index contributed by atoms with van der Waals surface area (Å²) in [6.45, 7) is 2.30. The van der Waals surface area contributed by atoms with Crippen LogP contribution in [0.1, 0.15) is 20.4 Å². The molecule has 3 rings (SSSR count). The SMILES string of the molecule is COc1cccc2nc(C)nc(SCC(=O)c3ccc(CN)s3)c12.Cl. The minimum Gasteiger partial charge on any atom is -0.496 e. The number of ether oxygens (including phenoxy) is 1. The van der Waals surface area contributed by atoms with Crippen LogP contribution in [0, 0.1) is 6.92 Å². The number of rotatable bonds is 6. The molecule has 0 atom stereocenters. The molecule has 0 bridgehead atoms. The van der Waals surface area contributed by atoms with Gasteiger partial charge < -0.3 is 10.5 Å². The molecule has 1 aromatic carbocycles. The van der Waals surface area contributed by atoms with Crippen molar-refractivity contribution in [1.82, 2.24) is 9.97 Å². The zero-order chi connectivity index (χ0) is 17.1. The lowest BCUT2D eigenvalue weighted by atomic mass is 10.2. The second-order valence-corrected chi connectivity index (χ2v) is 7.24. The molecule has 132 valence electrons. The van der Waals surface area contributed by atoms with Crippen LogP contribution >= 0.6 is 35.5 Å². The molecular formula is C17H18ClN3O2S2. The molecule has 25 heavy (non-hydrogen) atoms. The van der Waals surface area contributed by atoms with E-state index in [0.29, 0.717) is 23.9 Å². The van der Waals surface area contributed by atoms with Gasteiger partial charge in [0.1, 0.15) is 16.6 Å². The van der Waals surface area contributed by atoms with Crippen LogP contribution in [0.4, 0.5) is 0 Å². The van der Waals surface area contributed by atoms with Gasteiger partial charge in [0, 0.05) is 11.4 Å². The number of methoxy groups -OCH3 is 1. The first-order chi connectivity index (χ1) is 11.6. The van der Waals surface area contributed by atoms with Crippen molar-refractivity contribution >= 4 is 52.2 Å². The zero-order valence-electron chi connectivity index (χ0n) is 13.8. The summed E-state index contributed by atoms with van der Waals surface area (Å²) in [6, 6.07) is 9.42. The normalized spacial score (nSPS) is 10.5. The number of benzene rings is 1. The maximum absolute atomic E-state index is 12.4. The summed E-state index contributed by atoms with van der Waals surface area (Å²) in [5.41, 5.74) is 6.42. The Kier molecular flexibility index (Phi) is 6.78. The van der Waals surface area contributed by atoms with Gasteiger partial charge in [-0.2, -0.15) is 0 Å². The van der Waals surface area contributed by atoms with Gasteiger partial charge in [0.05, 0.1) is 28.6 Å². The molecule has 2 heterocycles. The van der Waals surface area contributed by atoms with Crippen LogP contribution in [0.3, 0.4) is 0 Å². The Morgan fingerprint density at radius 1 is 1.28 bits per heavy atom. The van der Waals surface area contributed by atoms with Gasteiger partial charge in [-0.25, -0.2) is 9.97 Å². The number of ketones is 1. The highest BCUT2D eigenvalue weighted by Crippen LogP contribution is 2.33. The van der Waals surface area contributed by atoms with Gasteiger partial charge in [-0.15, -0.1) is 23.7 Å². The first-order valence-corrected chi connectivity index (χ1v) is 9.18. The van der Waals surface area contributed by atoms with E-state index in [1.54, 1.807) is 7.11 Å². The number of aromatic nitrogens is 2. The summed E-state index contributed by atoms with van der Waals surface area (Å²) < 4.78 is 5.43. The quantitative estimate of drug-likeness (QED) is 0.388. The van der Waals surface area contributed by atoms with E-state index in [4.69, 9.17) is 10.5 Å². The number of fused-ring (bicyclic) bond motifs is 1. The number of aryl methyl sites for hydroxylation is 1. The number of thiophene rings is 1. The molecule has 3 aromatic rings. The number of halogens is 1. The maximum atomic E-state index is 12.4. The first-order valence-electron chi connectivity index (χ1n) is 7.38. The van der Waals surface area contributed by atoms with Crippen molar-refractivity contribution in [1.29, 1.82) is 0 Å². The van der Waals surface area contributed by atoms with Crippen molar-refractivity contribution in [2.24, 2.45) is 5.73 Å². The highest BCUT2D eigenvalue weighted by molar-refractivity contribution is 8.00. The Morgan fingerprint density at radius 2 is 2.08 bits per heavy atom. The summed E-state index contributed by atoms with van der Waals surface area (Å²) in [5.74, 6) is 1.77. The van der Waals surface area contributed by atoms with Gasteiger partial charge in [-0.05, 0) is 31.2 Å². The van der Waals surface area contributed by atoms with Crippen LogP contribution in [-0.2, 0) is 6.54 Å². The van der Waals surface area contributed by atoms with Crippen molar-refractivity contribution in [3.05, 3.63) is 45.9 Å². The van der Waals surface area contributed by atoms with Gasteiger partial charge in [0.15, 0.2) is 5.78 Å². The van der Waals surface area contributed by atoms with Gasteiger partial charge in [0.2, 0.25) is 0 Å². The fourth-order valence-electron chi connectivity index (χ4n) is 2.35. The average Bonchev–Trinajstić information content (AvgIpc) is 3.07. The monoisotopic (exact) mass is 395 g/mol. The number of thioether (sulfide) groups is 1. The van der Waals surface area contributed by atoms with E-state index >= 15 is 0 Å². The topological polar surface area (TPSA) is 78.1 Å². The predicted octanol–water partition coefficient (Wildman–Crippen LogP) is 3.86. The number of nitrogens with zero attached hydrogens (tertiary/aromatic N) is 2. The van der Waals surface area contributed by atoms with Crippen molar-refractivity contribution in [2.45, 2.75) is 18.5 Å². The number of hydrogen-bond donors (Lipinski definition) is 1. The fourth-order valence-corrected chi connectivity index (χ4v) is 4.23. The third kappa shape index (κ3) is 4.30. The maximum Gasteiger partial charge on any atom is 0.183 e. The molecule has 0 aliphatic heterocycles. The second-order valence-electron chi connectivity index (χ2n) is 5.11. The second kappa shape index (κ2) is 8.62. The van der Waals surface area contributed by atoms with Crippen LogP contribution in [-0.4, -0.2) is 28.6 Å².